The van der Waals surface area contributed by atoms with Gasteiger partial charge < -0.3 is 5.11 Å². The molecule has 0 heterocycles. The molecule has 14 heavy (non-hydrogen) atoms. The van der Waals surface area contributed by atoms with Crippen LogP contribution in [0.3, 0.4) is 0 Å². The van der Waals surface area contributed by atoms with Crippen LogP contribution in [0.25, 0.3) is 15.6 Å². The molecule has 0 spiro atoms. The first-order valence-corrected chi connectivity index (χ1v) is 4.39. The topological polar surface area (TPSA) is 24.6 Å². The van der Waals surface area contributed by atoms with Crippen molar-refractivity contribution in [2.75, 3.05) is 0 Å². The Morgan fingerprint density at radius 3 is 2.64 bits per heavy atom. The van der Waals surface area contributed by atoms with E-state index in [1.807, 2.05) is 6.07 Å². The van der Waals surface area contributed by atoms with Gasteiger partial charge in [-0.05, 0) is 22.9 Å². The molecule has 0 aliphatic carbocycles. The Morgan fingerprint density at radius 2 is 1.93 bits per heavy atom. The molecule has 3 heteroatoms. The minimum Gasteiger partial charge on any atom is -0.506 e. The van der Waals surface area contributed by atoms with E-state index >= 15 is 0 Å². The van der Waals surface area contributed by atoms with E-state index < -0.39 is 0 Å². The van der Waals surface area contributed by atoms with Gasteiger partial charge in [0, 0.05) is 0 Å². The lowest BCUT2D eigenvalue weighted by molar-refractivity contribution is 0.476. The zero-order valence-corrected chi connectivity index (χ0v) is 7.92. The molecule has 0 amide bonds. The summed E-state index contributed by atoms with van der Waals surface area (Å²) in [4.78, 5) is 3.30. The van der Waals surface area contributed by atoms with E-state index in [4.69, 9.17) is 18.2 Å². The predicted molar refractivity (Wildman–Crippen MR) is 56.9 cm³/mol. The van der Waals surface area contributed by atoms with Crippen LogP contribution in [0.4, 0.5) is 5.69 Å². The quantitative estimate of drug-likeness (QED) is 0.648. The van der Waals surface area contributed by atoms with Gasteiger partial charge in [-0.3, -0.25) is 0 Å². The van der Waals surface area contributed by atoms with Crippen molar-refractivity contribution >= 4 is 28.1 Å². The lowest BCUT2D eigenvalue weighted by Gasteiger charge is -2.02. The highest BCUT2D eigenvalue weighted by molar-refractivity contribution is 6.37. The number of nitrogens with zero attached hydrogens (tertiary/aromatic N) is 1. The molecule has 2 nitrogen and oxygen atoms in total. The van der Waals surface area contributed by atoms with E-state index in [1.54, 1.807) is 24.3 Å². The van der Waals surface area contributed by atoms with E-state index in [2.05, 4.69) is 4.85 Å². The third-order valence-electron chi connectivity index (χ3n) is 2.05. The van der Waals surface area contributed by atoms with Gasteiger partial charge in [-0.25, -0.2) is 4.85 Å². The summed E-state index contributed by atoms with van der Waals surface area (Å²) < 4.78 is 0. The summed E-state index contributed by atoms with van der Waals surface area (Å²) in [6.07, 6.45) is 0. The van der Waals surface area contributed by atoms with Crippen molar-refractivity contribution < 1.29 is 5.11 Å². The number of benzene rings is 2. The molecule has 0 atom stereocenters. The number of phenolic OH excluding ortho intramolecular Hbond substituents is 1. The van der Waals surface area contributed by atoms with Gasteiger partial charge in [-0.2, -0.15) is 0 Å². The van der Waals surface area contributed by atoms with E-state index in [-0.39, 0.29) is 5.75 Å². The maximum absolute atomic E-state index is 9.37. The Bertz CT molecular complexity index is 543. The number of halogens is 1. The number of rotatable bonds is 0. The molecule has 0 bridgehead atoms. The van der Waals surface area contributed by atoms with Gasteiger partial charge in [-0.1, -0.05) is 29.8 Å². The minimum atomic E-state index is 0.0429. The van der Waals surface area contributed by atoms with Gasteiger partial charge in [0.1, 0.15) is 5.75 Å². The molecule has 0 fully saturated rings. The summed E-state index contributed by atoms with van der Waals surface area (Å²) in [7, 11) is 0. The van der Waals surface area contributed by atoms with Crippen LogP contribution in [0.5, 0.6) is 5.75 Å². The van der Waals surface area contributed by atoms with Crippen molar-refractivity contribution in [3.63, 3.8) is 0 Å². The summed E-state index contributed by atoms with van der Waals surface area (Å²) in [5.41, 5.74) is 0.519. The first kappa shape index (κ1) is 8.86. The highest BCUT2D eigenvalue weighted by Crippen LogP contribution is 2.33. The highest BCUT2D eigenvalue weighted by Gasteiger charge is 2.04. The average Bonchev–Trinajstić information content (AvgIpc) is 2.23. The maximum Gasteiger partial charge on any atom is 0.187 e. The summed E-state index contributed by atoms with van der Waals surface area (Å²) in [6, 6.07) is 8.52. The zero-order chi connectivity index (χ0) is 10.1. The molecule has 0 aromatic heterocycles. The van der Waals surface area contributed by atoms with E-state index in [1.165, 1.54) is 0 Å². The Kier molecular flexibility index (Phi) is 2.03. The second kappa shape index (κ2) is 3.21. The first-order valence-electron chi connectivity index (χ1n) is 4.01. The molecule has 1 N–H and O–H groups in total. The van der Waals surface area contributed by atoms with Crippen molar-refractivity contribution in [2.24, 2.45) is 0 Å². The molecular weight excluding hydrogens is 198 g/mol. The predicted octanol–water partition coefficient (Wildman–Crippen LogP) is 3.75. The largest absolute Gasteiger partial charge is 0.506 e. The average molecular weight is 204 g/mol. The van der Waals surface area contributed by atoms with Gasteiger partial charge in [0.15, 0.2) is 5.69 Å². The van der Waals surface area contributed by atoms with Gasteiger partial charge in [0.25, 0.3) is 0 Å². The molecule has 0 radical (unpaired) electrons. The lowest BCUT2D eigenvalue weighted by atomic mass is 10.1. The number of hydrogen-bond donors (Lipinski definition) is 1. The summed E-state index contributed by atoms with van der Waals surface area (Å²) >= 11 is 5.90. The highest BCUT2D eigenvalue weighted by atomic mass is 35.5. The molecule has 2 aromatic carbocycles. The molecular formula is C11H6ClNO. The minimum absolute atomic E-state index is 0.0429. The summed E-state index contributed by atoms with van der Waals surface area (Å²) in [5, 5.41) is 11.3. The number of phenols is 1. The Hall–Kier alpha value is -1.72. The van der Waals surface area contributed by atoms with Crippen LogP contribution >= 0.6 is 11.6 Å². The summed E-state index contributed by atoms with van der Waals surface area (Å²) in [5.74, 6) is 0.0429. The monoisotopic (exact) mass is 203 g/mol. The maximum atomic E-state index is 9.37. The van der Waals surface area contributed by atoms with Crippen LogP contribution in [0.1, 0.15) is 0 Å². The molecule has 0 saturated heterocycles. The van der Waals surface area contributed by atoms with Crippen molar-refractivity contribution in [1.82, 2.24) is 0 Å². The third kappa shape index (κ3) is 1.28. The van der Waals surface area contributed by atoms with E-state index in [0.29, 0.717) is 16.1 Å². The normalized spacial score (nSPS) is 10.0. The Balaban J connectivity index is 2.86. The standard InChI is InChI=1S/C11H6ClNO/c1-13-8-4-2-7-3-5-10(14)11(12)9(7)6-8/h2-6,14H. The van der Waals surface area contributed by atoms with Gasteiger partial charge >= 0.3 is 0 Å². The van der Waals surface area contributed by atoms with E-state index in [0.717, 1.165) is 5.39 Å². The summed E-state index contributed by atoms with van der Waals surface area (Å²) in [6.45, 7) is 6.86. The molecule has 0 aliphatic rings. The van der Waals surface area contributed by atoms with Gasteiger partial charge in [-0.15, -0.1) is 0 Å². The lowest BCUT2D eigenvalue weighted by Crippen LogP contribution is -1.74. The van der Waals surface area contributed by atoms with Crippen molar-refractivity contribution in [1.29, 1.82) is 0 Å². The second-order valence-corrected chi connectivity index (χ2v) is 3.29. The van der Waals surface area contributed by atoms with E-state index in [9.17, 15) is 5.11 Å². The number of aromatic hydroxyl groups is 1. The smallest absolute Gasteiger partial charge is 0.187 e. The molecule has 2 aromatic rings. The second-order valence-electron chi connectivity index (χ2n) is 2.92. The number of hydrogen-bond acceptors (Lipinski definition) is 1. The third-order valence-corrected chi connectivity index (χ3v) is 2.45. The fourth-order valence-electron chi connectivity index (χ4n) is 1.33. The zero-order valence-electron chi connectivity index (χ0n) is 7.16. The van der Waals surface area contributed by atoms with Crippen LogP contribution in [0.2, 0.25) is 5.02 Å². The van der Waals surface area contributed by atoms with Gasteiger partial charge in [0.2, 0.25) is 0 Å². The van der Waals surface area contributed by atoms with Crippen LogP contribution in [0.15, 0.2) is 30.3 Å². The number of fused-ring (bicyclic) bond motifs is 1. The molecule has 0 unspecified atom stereocenters. The molecule has 0 aliphatic heterocycles. The van der Waals surface area contributed by atoms with Crippen LogP contribution in [-0.2, 0) is 0 Å². The Labute approximate surface area is 86.2 Å². The van der Waals surface area contributed by atoms with Crippen LogP contribution in [0, 0.1) is 6.57 Å². The molecule has 0 saturated carbocycles. The fourth-order valence-corrected chi connectivity index (χ4v) is 1.56. The van der Waals surface area contributed by atoms with Gasteiger partial charge in [0.05, 0.1) is 11.6 Å². The fraction of sp³-hybridized carbons (Fsp3) is 0. The Morgan fingerprint density at radius 1 is 1.21 bits per heavy atom. The van der Waals surface area contributed by atoms with Crippen molar-refractivity contribution in [3.05, 3.63) is 46.8 Å². The molecule has 2 rings (SSSR count). The van der Waals surface area contributed by atoms with Crippen molar-refractivity contribution in [3.8, 4) is 5.75 Å². The first-order chi connectivity index (χ1) is 6.72. The van der Waals surface area contributed by atoms with Crippen LogP contribution < -0.4 is 0 Å². The van der Waals surface area contributed by atoms with Crippen LogP contribution in [-0.4, -0.2) is 5.11 Å². The van der Waals surface area contributed by atoms with Crippen molar-refractivity contribution in [2.45, 2.75) is 0 Å². The SMILES string of the molecule is [C-]#[N+]c1ccc2ccc(O)c(Cl)c2c1. The molecule has 68 valence electrons.